The fourth-order valence-electron chi connectivity index (χ4n) is 2.02. The van der Waals surface area contributed by atoms with E-state index in [4.69, 9.17) is 0 Å². The number of hydrogen-bond acceptors (Lipinski definition) is 1. The Morgan fingerprint density at radius 2 is 1.90 bits per heavy atom. The second kappa shape index (κ2) is 6.55. The highest BCUT2D eigenvalue weighted by Crippen LogP contribution is 2.23. The van der Waals surface area contributed by atoms with E-state index < -0.39 is 0 Å². The van der Waals surface area contributed by atoms with Crippen LogP contribution in [0.25, 0.3) is 0 Å². The van der Waals surface area contributed by atoms with Crippen LogP contribution in [-0.4, -0.2) is 17.9 Å². The number of hydrogen-bond donors (Lipinski definition) is 0. The minimum atomic E-state index is 0.00545. The van der Waals surface area contributed by atoms with Crippen LogP contribution in [0.1, 0.15) is 21.5 Å². The molecule has 0 heterocycles. The molecule has 0 bridgehead atoms. The van der Waals surface area contributed by atoms with Gasteiger partial charge in [0.25, 0.3) is 5.91 Å². The normalized spacial score (nSPS) is 10.4. The first kappa shape index (κ1) is 15.3. The molecule has 0 unspecified atom stereocenters. The van der Waals surface area contributed by atoms with Gasteiger partial charge in [-0.3, -0.25) is 4.79 Å². The molecule has 20 heavy (non-hydrogen) atoms. The average Bonchev–Trinajstić information content (AvgIpc) is 2.38. The average molecular weight is 397 g/mol. The first-order valence-electron chi connectivity index (χ1n) is 6.23. The highest BCUT2D eigenvalue weighted by atomic mass is 79.9. The Morgan fingerprint density at radius 3 is 2.55 bits per heavy atom. The summed E-state index contributed by atoms with van der Waals surface area (Å²) in [7, 11) is 1.82. The summed E-state index contributed by atoms with van der Waals surface area (Å²) in [5.41, 5.74) is 3.01. The standard InChI is InChI=1S/C16H15Br2NO/c1-11-4-3-5-12(8-11)10-19(2)16(20)14-7-6-13(17)9-15(14)18/h3-9H,10H2,1-2H3. The van der Waals surface area contributed by atoms with Gasteiger partial charge in [0.05, 0.1) is 5.56 Å². The van der Waals surface area contributed by atoms with Gasteiger partial charge in [-0.15, -0.1) is 0 Å². The van der Waals surface area contributed by atoms with Gasteiger partial charge in [-0.05, 0) is 46.6 Å². The molecule has 2 aromatic rings. The zero-order valence-corrected chi connectivity index (χ0v) is 14.5. The van der Waals surface area contributed by atoms with Gasteiger partial charge in [-0.25, -0.2) is 0 Å². The van der Waals surface area contributed by atoms with Crippen molar-refractivity contribution in [2.75, 3.05) is 7.05 Å². The summed E-state index contributed by atoms with van der Waals surface area (Å²) in [4.78, 5) is 14.2. The lowest BCUT2D eigenvalue weighted by Gasteiger charge is -2.18. The first-order chi connectivity index (χ1) is 9.47. The molecule has 0 atom stereocenters. The molecule has 2 aromatic carbocycles. The maximum atomic E-state index is 12.4. The zero-order valence-electron chi connectivity index (χ0n) is 11.4. The van der Waals surface area contributed by atoms with Crippen LogP contribution in [0.4, 0.5) is 0 Å². The molecular weight excluding hydrogens is 382 g/mol. The van der Waals surface area contributed by atoms with Crippen molar-refractivity contribution in [2.45, 2.75) is 13.5 Å². The number of benzene rings is 2. The van der Waals surface area contributed by atoms with Crippen LogP contribution in [0.2, 0.25) is 0 Å². The summed E-state index contributed by atoms with van der Waals surface area (Å²) >= 11 is 6.82. The fourth-order valence-corrected chi connectivity index (χ4v) is 3.24. The third-order valence-corrected chi connectivity index (χ3v) is 4.16. The Kier molecular flexibility index (Phi) is 5.00. The molecule has 0 aliphatic rings. The molecule has 1 amide bonds. The van der Waals surface area contributed by atoms with Crippen LogP contribution >= 0.6 is 31.9 Å². The highest BCUT2D eigenvalue weighted by molar-refractivity contribution is 9.11. The van der Waals surface area contributed by atoms with Crippen LogP contribution < -0.4 is 0 Å². The summed E-state index contributed by atoms with van der Waals surface area (Å²) in [5, 5.41) is 0. The van der Waals surface area contributed by atoms with Crippen molar-refractivity contribution in [1.82, 2.24) is 4.90 Å². The molecule has 0 saturated carbocycles. The predicted molar refractivity (Wildman–Crippen MR) is 88.8 cm³/mol. The molecule has 0 aliphatic heterocycles. The fraction of sp³-hybridized carbons (Fsp3) is 0.188. The van der Waals surface area contributed by atoms with Gasteiger partial charge in [0.1, 0.15) is 0 Å². The number of carbonyl (C=O) groups is 1. The second-order valence-electron chi connectivity index (χ2n) is 4.77. The summed E-state index contributed by atoms with van der Waals surface area (Å²) in [6.07, 6.45) is 0. The maximum Gasteiger partial charge on any atom is 0.255 e. The number of halogens is 2. The summed E-state index contributed by atoms with van der Waals surface area (Å²) in [5.74, 6) is 0.00545. The van der Waals surface area contributed by atoms with Crippen molar-refractivity contribution < 1.29 is 4.79 Å². The number of amides is 1. The van der Waals surface area contributed by atoms with E-state index in [1.165, 1.54) is 5.56 Å². The Morgan fingerprint density at radius 1 is 1.15 bits per heavy atom. The minimum Gasteiger partial charge on any atom is -0.337 e. The third kappa shape index (κ3) is 3.70. The maximum absolute atomic E-state index is 12.4. The molecule has 2 rings (SSSR count). The quantitative estimate of drug-likeness (QED) is 0.730. The van der Waals surface area contributed by atoms with Crippen LogP contribution in [0.5, 0.6) is 0 Å². The molecule has 2 nitrogen and oxygen atoms in total. The van der Waals surface area contributed by atoms with Crippen LogP contribution in [0, 0.1) is 6.92 Å². The highest BCUT2D eigenvalue weighted by Gasteiger charge is 2.15. The van der Waals surface area contributed by atoms with Crippen molar-refractivity contribution in [3.05, 3.63) is 68.1 Å². The van der Waals surface area contributed by atoms with Gasteiger partial charge in [0, 0.05) is 22.5 Å². The van der Waals surface area contributed by atoms with Crippen molar-refractivity contribution in [1.29, 1.82) is 0 Å². The van der Waals surface area contributed by atoms with Gasteiger partial charge in [-0.1, -0.05) is 45.8 Å². The second-order valence-corrected chi connectivity index (χ2v) is 6.54. The van der Waals surface area contributed by atoms with Crippen LogP contribution in [0.3, 0.4) is 0 Å². The molecule has 0 radical (unpaired) electrons. The Hall–Kier alpha value is -1.13. The monoisotopic (exact) mass is 395 g/mol. The molecule has 0 aliphatic carbocycles. The lowest BCUT2D eigenvalue weighted by molar-refractivity contribution is 0.0784. The van der Waals surface area contributed by atoms with E-state index in [-0.39, 0.29) is 5.91 Å². The largest absolute Gasteiger partial charge is 0.337 e. The molecule has 104 valence electrons. The van der Waals surface area contributed by atoms with E-state index in [2.05, 4.69) is 50.9 Å². The van der Waals surface area contributed by atoms with Gasteiger partial charge in [0.15, 0.2) is 0 Å². The van der Waals surface area contributed by atoms with E-state index >= 15 is 0 Å². The van der Waals surface area contributed by atoms with E-state index in [9.17, 15) is 4.79 Å². The van der Waals surface area contributed by atoms with E-state index in [1.54, 1.807) is 4.90 Å². The summed E-state index contributed by atoms with van der Waals surface area (Å²) in [6.45, 7) is 2.65. The van der Waals surface area contributed by atoms with Crippen LogP contribution in [-0.2, 0) is 6.54 Å². The van der Waals surface area contributed by atoms with Gasteiger partial charge in [0.2, 0.25) is 0 Å². The van der Waals surface area contributed by atoms with Crippen LogP contribution in [0.15, 0.2) is 51.4 Å². The minimum absolute atomic E-state index is 0.00545. The molecule has 4 heteroatoms. The number of aryl methyl sites for hydroxylation is 1. The number of rotatable bonds is 3. The molecule has 0 saturated heterocycles. The van der Waals surface area contributed by atoms with E-state index in [0.29, 0.717) is 12.1 Å². The van der Waals surface area contributed by atoms with Gasteiger partial charge < -0.3 is 4.90 Å². The smallest absolute Gasteiger partial charge is 0.255 e. The predicted octanol–water partition coefficient (Wildman–Crippen LogP) is 4.79. The first-order valence-corrected chi connectivity index (χ1v) is 7.82. The number of nitrogens with zero attached hydrogens (tertiary/aromatic N) is 1. The van der Waals surface area contributed by atoms with Gasteiger partial charge in [-0.2, -0.15) is 0 Å². The van der Waals surface area contributed by atoms with Crippen molar-refractivity contribution in [2.24, 2.45) is 0 Å². The molecule has 0 spiro atoms. The molecule has 0 fully saturated rings. The van der Waals surface area contributed by atoms with Crippen molar-refractivity contribution >= 4 is 37.8 Å². The topological polar surface area (TPSA) is 20.3 Å². The lowest BCUT2D eigenvalue weighted by atomic mass is 10.1. The SMILES string of the molecule is Cc1cccc(CN(C)C(=O)c2ccc(Br)cc2Br)c1. The third-order valence-electron chi connectivity index (χ3n) is 3.01. The summed E-state index contributed by atoms with van der Waals surface area (Å²) < 4.78 is 1.75. The van der Waals surface area contributed by atoms with E-state index in [0.717, 1.165) is 14.5 Å². The van der Waals surface area contributed by atoms with Crippen molar-refractivity contribution in [3.8, 4) is 0 Å². The molecule has 0 aromatic heterocycles. The lowest BCUT2D eigenvalue weighted by Crippen LogP contribution is -2.26. The molecular formula is C16H15Br2NO. The van der Waals surface area contributed by atoms with E-state index in [1.807, 2.05) is 37.4 Å². The summed E-state index contributed by atoms with van der Waals surface area (Å²) in [6, 6.07) is 13.8. The Bertz CT molecular complexity index is 640. The Balaban J connectivity index is 2.16. The van der Waals surface area contributed by atoms with Gasteiger partial charge >= 0.3 is 0 Å². The van der Waals surface area contributed by atoms with Crippen molar-refractivity contribution in [3.63, 3.8) is 0 Å². The zero-order chi connectivity index (χ0) is 14.7. The number of carbonyl (C=O) groups excluding carboxylic acids is 1. The molecule has 0 N–H and O–H groups in total. The Labute approximate surface area is 136 Å².